The van der Waals surface area contributed by atoms with Crippen molar-refractivity contribution in [2.24, 2.45) is 0 Å². The van der Waals surface area contributed by atoms with Crippen LogP contribution in [0.2, 0.25) is 0 Å². The Morgan fingerprint density at radius 1 is 1.37 bits per heavy atom. The predicted octanol–water partition coefficient (Wildman–Crippen LogP) is 1.56. The molecule has 4 nitrogen and oxygen atoms in total. The van der Waals surface area contributed by atoms with Crippen molar-refractivity contribution in [3.8, 4) is 6.07 Å². The first-order chi connectivity index (χ1) is 9.20. The molecule has 1 atom stereocenters. The summed E-state index contributed by atoms with van der Waals surface area (Å²) in [6.07, 6.45) is 0. The van der Waals surface area contributed by atoms with E-state index in [1.807, 2.05) is 12.1 Å². The van der Waals surface area contributed by atoms with E-state index in [1.165, 1.54) is 11.4 Å². The number of rotatable bonds is 1. The topological polar surface area (TPSA) is 42.3 Å². The normalized spacial score (nSPS) is 21.9. The SMILES string of the molecule is CC(C)N1CC2CNCCN2c2ccc(C#N)cc21. The first kappa shape index (κ1) is 12.3. The van der Waals surface area contributed by atoms with Gasteiger partial charge >= 0.3 is 0 Å². The third kappa shape index (κ3) is 2.04. The van der Waals surface area contributed by atoms with Gasteiger partial charge in [0.15, 0.2) is 0 Å². The van der Waals surface area contributed by atoms with Crippen LogP contribution < -0.4 is 15.1 Å². The van der Waals surface area contributed by atoms with Crippen LogP contribution in [-0.2, 0) is 0 Å². The smallest absolute Gasteiger partial charge is 0.0992 e. The second-order valence-corrected chi connectivity index (χ2v) is 5.61. The van der Waals surface area contributed by atoms with Gasteiger partial charge in [-0.05, 0) is 32.0 Å². The molecule has 0 radical (unpaired) electrons. The molecule has 0 aliphatic carbocycles. The van der Waals surface area contributed by atoms with Gasteiger partial charge in [0.1, 0.15) is 0 Å². The summed E-state index contributed by atoms with van der Waals surface area (Å²) in [5.74, 6) is 0. The molecule has 1 aromatic rings. The van der Waals surface area contributed by atoms with Crippen LogP contribution >= 0.6 is 0 Å². The minimum absolute atomic E-state index is 0.455. The van der Waals surface area contributed by atoms with Crippen molar-refractivity contribution in [2.75, 3.05) is 36.0 Å². The third-order valence-electron chi connectivity index (χ3n) is 4.10. The van der Waals surface area contributed by atoms with E-state index in [-0.39, 0.29) is 0 Å². The van der Waals surface area contributed by atoms with Crippen LogP contribution in [0, 0.1) is 11.3 Å². The molecule has 2 aliphatic rings. The molecule has 1 N–H and O–H groups in total. The van der Waals surface area contributed by atoms with E-state index in [2.05, 4.69) is 41.1 Å². The molecule has 0 spiro atoms. The van der Waals surface area contributed by atoms with Gasteiger partial charge in [0, 0.05) is 32.2 Å². The van der Waals surface area contributed by atoms with Crippen LogP contribution in [0.25, 0.3) is 0 Å². The van der Waals surface area contributed by atoms with Gasteiger partial charge in [-0.15, -0.1) is 0 Å². The highest BCUT2D eigenvalue weighted by molar-refractivity contribution is 5.76. The van der Waals surface area contributed by atoms with Crippen LogP contribution in [0.1, 0.15) is 19.4 Å². The van der Waals surface area contributed by atoms with E-state index < -0.39 is 0 Å². The average molecular weight is 256 g/mol. The van der Waals surface area contributed by atoms with Crippen molar-refractivity contribution in [3.05, 3.63) is 23.8 Å². The number of anilines is 2. The van der Waals surface area contributed by atoms with Gasteiger partial charge < -0.3 is 15.1 Å². The molecule has 100 valence electrons. The van der Waals surface area contributed by atoms with E-state index >= 15 is 0 Å². The Morgan fingerprint density at radius 3 is 2.95 bits per heavy atom. The number of nitriles is 1. The van der Waals surface area contributed by atoms with Crippen molar-refractivity contribution < 1.29 is 0 Å². The molecule has 1 saturated heterocycles. The lowest BCUT2D eigenvalue weighted by Crippen LogP contribution is -2.59. The highest BCUT2D eigenvalue weighted by Crippen LogP contribution is 2.37. The fraction of sp³-hybridized carbons (Fsp3) is 0.533. The Bertz CT molecular complexity index is 517. The van der Waals surface area contributed by atoms with E-state index in [4.69, 9.17) is 5.26 Å². The van der Waals surface area contributed by atoms with Crippen molar-refractivity contribution in [1.29, 1.82) is 5.26 Å². The number of nitrogens with zero attached hydrogens (tertiary/aromatic N) is 3. The molecule has 0 aromatic heterocycles. The fourth-order valence-electron chi connectivity index (χ4n) is 3.12. The van der Waals surface area contributed by atoms with Gasteiger partial charge in [-0.25, -0.2) is 0 Å². The molecule has 3 rings (SSSR count). The summed E-state index contributed by atoms with van der Waals surface area (Å²) < 4.78 is 0. The lowest BCUT2D eigenvalue weighted by Gasteiger charge is -2.48. The molecule has 1 aromatic carbocycles. The maximum absolute atomic E-state index is 9.10. The van der Waals surface area contributed by atoms with E-state index in [1.54, 1.807) is 0 Å². The number of hydrogen-bond donors (Lipinski definition) is 1. The minimum Gasteiger partial charge on any atom is -0.365 e. The standard InChI is InChI=1S/C15H20N4/c1-11(2)19-10-13-9-17-5-6-18(13)14-4-3-12(8-16)7-15(14)19/h3-4,7,11,13,17H,5-6,9-10H2,1-2H3. The van der Waals surface area contributed by atoms with Gasteiger partial charge in [-0.2, -0.15) is 5.26 Å². The summed E-state index contributed by atoms with van der Waals surface area (Å²) in [4.78, 5) is 4.91. The van der Waals surface area contributed by atoms with Gasteiger partial charge in [-0.3, -0.25) is 0 Å². The summed E-state index contributed by atoms with van der Waals surface area (Å²) in [6, 6.07) is 9.32. The monoisotopic (exact) mass is 256 g/mol. The first-order valence-corrected chi connectivity index (χ1v) is 6.99. The van der Waals surface area contributed by atoms with Crippen LogP contribution in [0.4, 0.5) is 11.4 Å². The van der Waals surface area contributed by atoms with Crippen molar-refractivity contribution in [1.82, 2.24) is 5.32 Å². The summed E-state index contributed by atoms with van der Waals surface area (Å²) in [5.41, 5.74) is 3.25. The van der Waals surface area contributed by atoms with Crippen LogP contribution in [0.5, 0.6) is 0 Å². The molecule has 0 bridgehead atoms. The van der Waals surface area contributed by atoms with Crippen molar-refractivity contribution >= 4 is 11.4 Å². The number of fused-ring (bicyclic) bond motifs is 3. The number of piperazine rings is 1. The number of nitrogens with one attached hydrogen (secondary N) is 1. The molecule has 2 heterocycles. The van der Waals surface area contributed by atoms with E-state index in [9.17, 15) is 0 Å². The number of benzene rings is 1. The lowest BCUT2D eigenvalue weighted by molar-refractivity contribution is 0.448. The maximum Gasteiger partial charge on any atom is 0.0992 e. The van der Waals surface area contributed by atoms with E-state index in [0.717, 1.165) is 31.7 Å². The lowest BCUT2D eigenvalue weighted by atomic mass is 10.0. The largest absolute Gasteiger partial charge is 0.365 e. The Morgan fingerprint density at radius 2 is 2.21 bits per heavy atom. The van der Waals surface area contributed by atoms with Gasteiger partial charge in [0.05, 0.1) is 29.0 Å². The highest BCUT2D eigenvalue weighted by atomic mass is 15.3. The molecule has 0 saturated carbocycles. The average Bonchev–Trinajstić information content (AvgIpc) is 2.45. The first-order valence-electron chi connectivity index (χ1n) is 6.99. The summed E-state index contributed by atoms with van der Waals surface area (Å²) in [7, 11) is 0. The molecule has 19 heavy (non-hydrogen) atoms. The molecular weight excluding hydrogens is 236 g/mol. The highest BCUT2D eigenvalue weighted by Gasteiger charge is 2.33. The Balaban J connectivity index is 2.07. The van der Waals surface area contributed by atoms with Gasteiger partial charge in [0.25, 0.3) is 0 Å². The molecule has 1 unspecified atom stereocenters. The second-order valence-electron chi connectivity index (χ2n) is 5.61. The van der Waals surface area contributed by atoms with Crippen molar-refractivity contribution in [3.63, 3.8) is 0 Å². The molecular formula is C15H20N4. The Hall–Kier alpha value is -1.73. The molecule has 4 heteroatoms. The van der Waals surface area contributed by atoms with Crippen LogP contribution in [-0.4, -0.2) is 38.3 Å². The second kappa shape index (κ2) is 4.75. The fourth-order valence-corrected chi connectivity index (χ4v) is 3.12. The molecule has 1 fully saturated rings. The third-order valence-corrected chi connectivity index (χ3v) is 4.10. The number of hydrogen-bond acceptors (Lipinski definition) is 4. The summed E-state index contributed by atoms with van der Waals surface area (Å²) in [5, 5.41) is 12.6. The van der Waals surface area contributed by atoms with Crippen LogP contribution in [0.15, 0.2) is 18.2 Å². The predicted molar refractivity (Wildman–Crippen MR) is 77.6 cm³/mol. The summed E-state index contributed by atoms with van der Waals surface area (Å²) >= 11 is 0. The summed E-state index contributed by atoms with van der Waals surface area (Å²) in [6.45, 7) is 8.60. The van der Waals surface area contributed by atoms with Gasteiger partial charge in [-0.1, -0.05) is 0 Å². The molecule has 0 amide bonds. The quantitative estimate of drug-likeness (QED) is 0.828. The Kier molecular flexibility index (Phi) is 3.08. The zero-order valence-electron chi connectivity index (χ0n) is 11.6. The maximum atomic E-state index is 9.10. The van der Waals surface area contributed by atoms with Crippen molar-refractivity contribution in [2.45, 2.75) is 25.9 Å². The van der Waals surface area contributed by atoms with Gasteiger partial charge in [0.2, 0.25) is 0 Å². The zero-order valence-corrected chi connectivity index (χ0v) is 11.6. The Labute approximate surface area is 114 Å². The van der Waals surface area contributed by atoms with Crippen LogP contribution in [0.3, 0.4) is 0 Å². The minimum atomic E-state index is 0.455. The zero-order chi connectivity index (χ0) is 13.4. The van der Waals surface area contributed by atoms with E-state index in [0.29, 0.717) is 12.1 Å². The molecule has 2 aliphatic heterocycles.